The molecule has 0 aliphatic carbocycles. The van der Waals surface area contributed by atoms with Crippen LogP contribution in [-0.4, -0.2) is 56.5 Å². The molecule has 0 saturated heterocycles. The second-order valence-corrected chi connectivity index (χ2v) is 5.12. The predicted molar refractivity (Wildman–Crippen MR) is 87.3 cm³/mol. The molecule has 0 spiro atoms. The lowest BCUT2D eigenvalue weighted by Gasteiger charge is -2.17. The van der Waals surface area contributed by atoms with Crippen molar-refractivity contribution < 1.29 is 14.3 Å². The Kier molecular flexibility index (Phi) is 5.80. The highest BCUT2D eigenvalue weighted by atomic mass is 16.5. The fourth-order valence-corrected chi connectivity index (χ4v) is 2.21. The first-order valence-corrected chi connectivity index (χ1v) is 7.24. The molecule has 0 aliphatic rings. The zero-order valence-electron chi connectivity index (χ0n) is 13.3. The molecule has 22 heavy (non-hydrogen) atoms. The predicted octanol–water partition coefficient (Wildman–Crippen LogP) is 2.40. The molecule has 2 aromatic rings. The molecule has 0 unspecified atom stereocenters. The molecule has 0 atom stereocenters. The first-order valence-electron chi connectivity index (χ1n) is 7.24. The quantitative estimate of drug-likeness (QED) is 0.854. The molecule has 2 amide bonds. The molecule has 6 nitrogen and oxygen atoms in total. The molecule has 1 heterocycles. The van der Waals surface area contributed by atoms with Crippen molar-refractivity contribution >= 4 is 22.6 Å². The van der Waals surface area contributed by atoms with Crippen molar-refractivity contribution in [3.63, 3.8) is 0 Å². The summed E-state index contributed by atoms with van der Waals surface area (Å²) in [7, 11) is 5.06. The van der Waals surface area contributed by atoms with E-state index in [-0.39, 0.29) is 6.03 Å². The highest BCUT2D eigenvalue weighted by molar-refractivity contribution is 5.92. The van der Waals surface area contributed by atoms with Crippen molar-refractivity contribution in [1.82, 2.24) is 9.47 Å². The van der Waals surface area contributed by atoms with Crippen LogP contribution in [0.3, 0.4) is 0 Å². The van der Waals surface area contributed by atoms with Crippen LogP contribution in [0.2, 0.25) is 0 Å². The normalized spacial score (nSPS) is 10.9. The minimum atomic E-state index is -0.143. The van der Waals surface area contributed by atoms with Gasteiger partial charge in [0.15, 0.2) is 0 Å². The molecular formula is C16H23N3O3. The molecule has 1 aromatic heterocycles. The number of nitrogens with one attached hydrogen (secondary N) is 1. The van der Waals surface area contributed by atoms with Crippen LogP contribution < -0.4 is 5.32 Å². The third kappa shape index (κ3) is 3.99. The summed E-state index contributed by atoms with van der Waals surface area (Å²) < 4.78 is 12.2. The fourth-order valence-electron chi connectivity index (χ4n) is 2.21. The van der Waals surface area contributed by atoms with E-state index in [1.54, 1.807) is 26.2 Å². The van der Waals surface area contributed by atoms with Gasteiger partial charge in [-0.05, 0) is 24.3 Å². The van der Waals surface area contributed by atoms with E-state index in [2.05, 4.69) is 9.88 Å². The van der Waals surface area contributed by atoms with Gasteiger partial charge in [-0.2, -0.15) is 0 Å². The molecule has 0 fully saturated rings. The van der Waals surface area contributed by atoms with Crippen molar-refractivity contribution in [3.05, 3.63) is 30.5 Å². The molecule has 120 valence electrons. The number of fused-ring (bicyclic) bond motifs is 1. The third-order valence-corrected chi connectivity index (χ3v) is 3.54. The van der Waals surface area contributed by atoms with Crippen LogP contribution in [0.1, 0.15) is 0 Å². The number of nitrogens with zero attached hydrogens (tertiary/aromatic N) is 2. The van der Waals surface area contributed by atoms with Gasteiger partial charge in [-0.3, -0.25) is 0 Å². The standard InChI is InChI=1S/C16H23N3O3/c1-18(8-10-21-2)16(20)17-14-4-5-15-13(12-14)6-7-19(15)9-11-22-3/h4-7,12H,8-11H2,1-3H3,(H,17,20). The zero-order chi connectivity index (χ0) is 15.9. The van der Waals surface area contributed by atoms with Gasteiger partial charge in [0, 0.05) is 57.1 Å². The van der Waals surface area contributed by atoms with Gasteiger partial charge in [0.2, 0.25) is 0 Å². The lowest BCUT2D eigenvalue weighted by atomic mass is 10.2. The van der Waals surface area contributed by atoms with E-state index in [0.717, 1.165) is 23.1 Å². The van der Waals surface area contributed by atoms with Gasteiger partial charge in [0.05, 0.1) is 13.2 Å². The Hall–Kier alpha value is -2.05. The Balaban J connectivity index is 2.05. The summed E-state index contributed by atoms with van der Waals surface area (Å²) in [6.07, 6.45) is 2.03. The summed E-state index contributed by atoms with van der Waals surface area (Å²) in [5, 5.41) is 3.98. The Morgan fingerprint density at radius 1 is 1.23 bits per heavy atom. The Morgan fingerprint density at radius 3 is 2.73 bits per heavy atom. The average molecular weight is 305 g/mol. The summed E-state index contributed by atoms with van der Waals surface area (Å²) in [6, 6.07) is 7.79. The van der Waals surface area contributed by atoms with Gasteiger partial charge in [-0.15, -0.1) is 0 Å². The van der Waals surface area contributed by atoms with Crippen LogP contribution in [0.4, 0.5) is 10.5 Å². The average Bonchev–Trinajstić information content (AvgIpc) is 2.92. The number of urea groups is 1. The molecule has 2 rings (SSSR count). The molecular weight excluding hydrogens is 282 g/mol. The molecule has 0 aliphatic heterocycles. The summed E-state index contributed by atoms with van der Waals surface area (Å²) in [5.41, 5.74) is 1.91. The number of ether oxygens (including phenoxy) is 2. The van der Waals surface area contributed by atoms with Crippen LogP contribution in [0, 0.1) is 0 Å². The summed E-state index contributed by atoms with van der Waals surface area (Å²) in [6.45, 7) is 2.56. The number of amides is 2. The van der Waals surface area contributed by atoms with E-state index >= 15 is 0 Å². The number of anilines is 1. The largest absolute Gasteiger partial charge is 0.383 e. The number of hydrogen-bond donors (Lipinski definition) is 1. The number of aromatic nitrogens is 1. The summed E-state index contributed by atoms with van der Waals surface area (Å²) in [5.74, 6) is 0. The van der Waals surface area contributed by atoms with E-state index in [4.69, 9.17) is 9.47 Å². The lowest BCUT2D eigenvalue weighted by molar-refractivity contribution is 0.165. The molecule has 0 radical (unpaired) electrons. The van der Waals surface area contributed by atoms with Gasteiger partial charge in [0.1, 0.15) is 0 Å². The molecule has 1 N–H and O–H groups in total. The molecule has 0 saturated carbocycles. The molecule has 0 bridgehead atoms. The maximum absolute atomic E-state index is 12.0. The first kappa shape index (κ1) is 16.3. The second-order valence-electron chi connectivity index (χ2n) is 5.12. The highest BCUT2D eigenvalue weighted by Crippen LogP contribution is 2.20. The summed E-state index contributed by atoms with van der Waals surface area (Å²) >= 11 is 0. The minimum Gasteiger partial charge on any atom is -0.383 e. The Morgan fingerprint density at radius 2 is 2.00 bits per heavy atom. The van der Waals surface area contributed by atoms with E-state index in [0.29, 0.717) is 19.8 Å². The number of hydrogen-bond acceptors (Lipinski definition) is 3. The van der Waals surface area contributed by atoms with Crippen LogP contribution in [-0.2, 0) is 16.0 Å². The number of carbonyl (C=O) groups excluding carboxylic acids is 1. The number of likely N-dealkylation sites (N-methyl/N-ethyl adjacent to an activating group) is 1. The van der Waals surface area contributed by atoms with Crippen molar-refractivity contribution in [1.29, 1.82) is 0 Å². The van der Waals surface area contributed by atoms with Crippen molar-refractivity contribution in [2.45, 2.75) is 6.54 Å². The van der Waals surface area contributed by atoms with Gasteiger partial charge in [0.25, 0.3) is 0 Å². The van der Waals surface area contributed by atoms with E-state index in [1.165, 1.54) is 0 Å². The Labute approximate surface area is 130 Å². The van der Waals surface area contributed by atoms with Crippen LogP contribution in [0.5, 0.6) is 0 Å². The van der Waals surface area contributed by atoms with Crippen molar-refractivity contribution in [3.8, 4) is 0 Å². The lowest BCUT2D eigenvalue weighted by Crippen LogP contribution is -2.33. The number of rotatable bonds is 7. The SMILES string of the molecule is COCCN(C)C(=O)Nc1ccc2c(ccn2CCOC)c1. The van der Waals surface area contributed by atoms with Crippen LogP contribution in [0.15, 0.2) is 30.5 Å². The van der Waals surface area contributed by atoms with Crippen LogP contribution in [0.25, 0.3) is 10.9 Å². The van der Waals surface area contributed by atoms with Crippen LogP contribution >= 0.6 is 0 Å². The van der Waals surface area contributed by atoms with Gasteiger partial charge >= 0.3 is 6.03 Å². The van der Waals surface area contributed by atoms with Gasteiger partial charge < -0.3 is 24.3 Å². The summed E-state index contributed by atoms with van der Waals surface area (Å²) in [4.78, 5) is 13.6. The molecule has 6 heteroatoms. The van der Waals surface area contributed by atoms with Gasteiger partial charge in [-0.1, -0.05) is 0 Å². The smallest absolute Gasteiger partial charge is 0.321 e. The first-order chi connectivity index (χ1) is 10.7. The minimum absolute atomic E-state index is 0.143. The second kappa shape index (κ2) is 7.82. The zero-order valence-corrected chi connectivity index (χ0v) is 13.3. The maximum atomic E-state index is 12.0. The number of methoxy groups -OCH3 is 2. The maximum Gasteiger partial charge on any atom is 0.321 e. The van der Waals surface area contributed by atoms with Crippen molar-refractivity contribution in [2.24, 2.45) is 0 Å². The van der Waals surface area contributed by atoms with E-state index in [1.807, 2.05) is 30.5 Å². The third-order valence-electron chi connectivity index (χ3n) is 3.54. The topological polar surface area (TPSA) is 55.7 Å². The highest BCUT2D eigenvalue weighted by Gasteiger charge is 2.09. The van der Waals surface area contributed by atoms with E-state index < -0.39 is 0 Å². The Bertz CT molecular complexity index is 624. The molecule has 1 aromatic carbocycles. The number of carbonyl (C=O) groups is 1. The monoisotopic (exact) mass is 305 g/mol. The van der Waals surface area contributed by atoms with Gasteiger partial charge in [-0.25, -0.2) is 4.79 Å². The fraction of sp³-hybridized carbons (Fsp3) is 0.438. The number of benzene rings is 1. The van der Waals surface area contributed by atoms with Crippen molar-refractivity contribution in [2.75, 3.05) is 46.3 Å². The van der Waals surface area contributed by atoms with E-state index in [9.17, 15) is 4.79 Å².